The molecule has 0 unspecified atom stereocenters. The van der Waals surface area contributed by atoms with E-state index in [4.69, 9.17) is 10.5 Å². The highest BCUT2D eigenvalue weighted by Gasteiger charge is 2.08. The standard InChI is InChI=1S/C10H9BrFN3O/c1-15-5-6(4-14-15)16-10-2-7(11)8(12)3-9(10)13/h2-5H,13H2,1H3. The SMILES string of the molecule is Cn1cc(Oc2cc(Br)c(F)cc2N)cn1. The van der Waals surface area contributed by atoms with Gasteiger partial charge in [-0.15, -0.1) is 0 Å². The van der Waals surface area contributed by atoms with Crippen molar-refractivity contribution in [3.63, 3.8) is 0 Å². The Kier molecular flexibility index (Phi) is 2.82. The van der Waals surface area contributed by atoms with Gasteiger partial charge in [-0.05, 0) is 15.9 Å². The lowest BCUT2D eigenvalue weighted by atomic mass is 10.3. The van der Waals surface area contributed by atoms with Crippen LogP contribution in [0.3, 0.4) is 0 Å². The summed E-state index contributed by atoms with van der Waals surface area (Å²) >= 11 is 3.07. The minimum absolute atomic E-state index is 0.240. The molecule has 0 saturated heterocycles. The van der Waals surface area contributed by atoms with Crippen molar-refractivity contribution in [3.05, 3.63) is 34.8 Å². The Labute approximate surface area is 99.9 Å². The van der Waals surface area contributed by atoms with Gasteiger partial charge in [0.05, 0.1) is 22.6 Å². The number of rotatable bonds is 2. The average molecular weight is 286 g/mol. The first-order valence-corrected chi connectivity index (χ1v) is 5.26. The molecule has 2 aromatic rings. The second-order valence-electron chi connectivity index (χ2n) is 3.26. The third-order valence-corrected chi connectivity index (χ3v) is 2.57. The van der Waals surface area contributed by atoms with Gasteiger partial charge in [0.1, 0.15) is 5.82 Å². The molecule has 6 heteroatoms. The molecule has 0 spiro atoms. The number of ether oxygens (including phenoxy) is 1. The molecule has 0 aliphatic heterocycles. The van der Waals surface area contributed by atoms with Crippen molar-refractivity contribution >= 4 is 21.6 Å². The molecule has 0 fully saturated rings. The Hall–Kier alpha value is -1.56. The summed E-state index contributed by atoms with van der Waals surface area (Å²) in [4.78, 5) is 0. The summed E-state index contributed by atoms with van der Waals surface area (Å²) in [6.45, 7) is 0. The normalized spacial score (nSPS) is 10.4. The van der Waals surface area contributed by atoms with Crippen LogP contribution in [-0.2, 0) is 7.05 Å². The molecule has 16 heavy (non-hydrogen) atoms. The highest BCUT2D eigenvalue weighted by molar-refractivity contribution is 9.10. The molecule has 0 radical (unpaired) electrons. The topological polar surface area (TPSA) is 53.1 Å². The molecule has 0 amide bonds. The molecule has 2 N–H and O–H groups in total. The fourth-order valence-electron chi connectivity index (χ4n) is 1.21. The molecule has 0 atom stereocenters. The van der Waals surface area contributed by atoms with Crippen molar-refractivity contribution in [1.29, 1.82) is 0 Å². The van der Waals surface area contributed by atoms with Crippen molar-refractivity contribution in [2.24, 2.45) is 7.05 Å². The van der Waals surface area contributed by atoms with Crippen LogP contribution in [0.1, 0.15) is 0 Å². The first-order chi connectivity index (χ1) is 7.56. The fourth-order valence-corrected chi connectivity index (χ4v) is 1.53. The minimum Gasteiger partial charge on any atom is -0.452 e. The van der Waals surface area contributed by atoms with E-state index in [1.165, 1.54) is 12.1 Å². The second kappa shape index (κ2) is 4.13. The second-order valence-corrected chi connectivity index (χ2v) is 4.11. The lowest BCUT2D eigenvalue weighted by Crippen LogP contribution is -1.93. The monoisotopic (exact) mass is 285 g/mol. The van der Waals surface area contributed by atoms with Crippen molar-refractivity contribution in [2.45, 2.75) is 0 Å². The molecular weight excluding hydrogens is 277 g/mol. The molecule has 2 rings (SSSR count). The summed E-state index contributed by atoms with van der Waals surface area (Å²) in [6, 6.07) is 2.69. The van der Waals surface area contributed by atoms with Crippen molar-refractivity contribution in [1.82, 2.24) is 9.78 Å². The van der Waals surface area contributed by atoms with Gasteiger partial charge in [-0.3, -0.25) is 4.68 Å². The van der Waals surface area contributed by atoms with Crippen LogP contribution in [0.25, 0.3) is 0 Å². The number of aryl methyl sites for hydroxylation is 1. The minimum atomic E-state index is -0.420. The molecule has 0 aliphatic carbocycles. The van der Waals surface area contributed by atoms with Gasteiger partial charge in [-0.2, -0.15) is 5.10 Å². The van der Waals surface area contributed by atoms with Crippen molar-refractivity contribution < 1.29 is 9.13 Å². The van der Waals surface area contributed by atoms with Crippen LogP contribution < -0.4 is 10.5 Å². The highest BCUT2D eigenvalue weighted by atomic mass is 79.9. The maximum atomic E-state index is 13.1. The predicted octanol–water partition coefficient (Wildman–Crippen LogP) is 2.70. The van der Waals surface area contributed by atoms with Crippen molar-refractivity contribution in [2.75, 3.05) is 5.73 Å². The van der Waals surface area contributed by atoms with Gasteiger partial charge in [-0.25, -0.2) is 4.39 Å². The maximum Gasteiger partial charge on any atom is 0.165 e. The first kappa shape index (κ1) is 10.9. The Morgan fingerprint density at radius 1 is 1.50 bits per heavy atom. The van der Waals surface area contributed by atoms with Gasteiger partial charge in [0.2, 0.25) is 0 Å². The van der Waals surface area contributed by atoms with Crippen molar-refractivity contribution in [3.8, 4) is 11.5 Å². The van der Waals surface area contributed by atoms with Crippen LogP contribution in [0.5, 0.6) is 11.5 Å². The Balaban J connectivity index is 2.31. The average Bonchev–Trinajstić information content (AvgIpc) is 2.60. The van der Waals surface area contributed by atoms with Crippen LogP contribution in [0.4, 0.5) is 10.1 Å². The van der Waals surface area contributed by atoms with E-state index in [1.807, 2.05) is 0 Å². The number of aromatic nitrogens is 2. The number of benzene rings is 1. The molecule has 0 bridgehead atoms. The lowest BCUT2D eigenvalue weighted by molar-refractivity contribution is 0.482. The molecule has 1 aromatic carbocycles. The van der Waals surface area contributed by atoms with E-state index in [0.29, 0.717) is 16.0 Å². The van der Waals surface area contributed by atoms with E-state index in [1.54, 1.807) is 24.1 Å². The van der Waals surface area contributed by atoms with Crippen LogP contribution in [-0.4, -0.2) is 9.78 Å². The molecule has 4 nitrogen and oxygen atoms in total. The van der Waals surface area contributed by atoms with E-state index >= 15 is 0 Å². The number of nitrogens with two attached hydrogens (primary N) is 1. The Morgan fingerprint density at radius 3 is 2.88 bits per heavy atom. The quantitative estimate of drug-likeness (QED) is 0.863. The van der Waals surface area contributed by atoms with Gasteiger partial charge < -0.3 is 10.5 Å². The number of nitrogen functional groups attached to an aromatic ring is 1. The summed E-state index contributed by atoms with van der Waals surface area (Å²) < 4.78 is 20.5. The van der Waals surface area contributed by atoms with E-state index in [9.17, 15) is 4.39 Å². The first-order valence-electron chi connectivity index (χ1n) is 4.47. The Bertz CT molecular complexity index is 527. The number of hydrogen-bond acceptors (Lipinski definition) is 3. The lowest BCUT2D eigenvalue weighted by Gasteiger charge is -2.07. The van der Waals surface area contributed by atoms with Crippen LogP contribution >= 0.6 is 15.9 Å². The van der Waals surface area contributed by atoms with Gasteiger partial charge in [0.15, 0.2) is 11.5 Å². The van der Waals surface area contributed by atoms with Gasteiger partial charge in [0, 0.05) is 19.2 Å². The third-order valence-electron chi connectivity index (χ3n) is 1.96. The number of anilines is 1. The summed E-state index contributed by atoms with van der Waals surface area (Å²) in [5.41, 5.74) is 5.87. The zero-order valence-electron chi connectivity index (χ0n) is 8.45. The number of nitrogens with zero attached hydrogens (tertiary/aromatic N) is 2. The molecule has 0 saturated carbocycles. The summed E-state index contributed by atoms with van der Waals surface area (Å²) in [5.74, 6) is 0.519. The molecule has 1 heterocycles. The van der Waals surface area contributed by atoms with E-state index in [2.05, 4.69) is 21.0 Å². The van der Waals surface area contributed by atoms with Crippen LogP contribution in [0.15, 0.2) is 29.0 Å². The summed E-state index contributed by atoms with van der Waals surface area (Å²) in [6.07, 6.45) is 3.24. The number of halogens is 2. The largest absolute Gasteiger partial charge is 0.452 e. The fraction of sp³-hybridized carbons (Fsp3) is 0.100. The summed E-state index contributed by atoms with van der Waals surface area (Å²) in [5, 5.41) is 3.95. The van der Waals surface area contributed by atoms with E-state index in [-0.39, 0.29) is 5.69 Å². The zero-order valence-corrected chi connectivity index (χ0v) is 10.0. The van der Waals surface area contributed by atoms with Crippen LogP contribution in [0, 0.1) is 5.82 Å². The van der Waals surface area contributed by atoms with Gasteiger partial charge in [-0.1, -0.05) is 0 Å². The van der Waals surface area contributed by atoms with E-state index in [0.717, 1.165) is 0 Å². The predicted molar refractivity (Wildman–Crippen MR) is 61.8 cm³/mol. The molecule has 1 aromatic heterocycles. The molecule has 84 valence electrons. The van der Waals surface area contributed by atoms with E-state index < -0.39 is 5.82 Å². The molecular formula is C10H9BrFN3O. The van der Waals surface area contributed by atoms with Crippen LogP contribution in [0.2, 0.25) is 0 Å². The maximum absolute atomic E-state index is 13.1. The van der Waals surface area contributed by atoms with Gasteiger partial charge in [0.25, 0.3) is 0 Å². The molecule has 0 aliphatic rings. The van der Waals surface area contributed by atoms with Gasteiger partial charge >= 0.3 is 0 Å². The Morgan fingerprint density at radius 2 is 2.25 bits per heavy atom. The highest BCUT2D eigenvalue weighted by Crippen LogP contribution is 2.31. The zero-order chi connectivity index (χ0) is 11.7. The summed E-state index contributed by atoms with van der Waals surface area (Å²) in [7, 11) is 1.77. The third kappa shape index (κ3) is 2.16. The smallest absolute Gasteiger partial charge is 0.165 e. The number of hydrogen-bond donors (Lipinski definition) is 1.